The fourth-order valence-electron chi connectivity index (χ4n) is 2.50. The molecule has 0 aliphatic heterocycles. The highest BCUT2D eigenvalue weighted by atomic mass is 16.5. The molecule has 0 radical (unpaired) electrons. The second kappa shape index (κ2) is 6.42. The van der Waals surface area contributed by atoms with Gasteiger partial charge in [0, 0.05) is 12.7 Å². The number of anilines is 1. The lowest BCUT2D eigenvalue weighted by molar-refractivity contribution is 0.482. The van der Waals surface area contributed by atoms with Gasteiger partial charge in [-0.05, 0) is 35.9 Å². The van der Waals surface area contributed by atoms with Crippen molar-refractivity contribution in [3.63, 3.8) is 0 Å². The molecule has 0 aliphatic rings. The van der Waals surface area contributed by atoms with E-state index in [-0.39, 0.29) is 0 Å². The standard InChI is InChI=1S/C19H16N4O/c1-2-4-15(5-3-1)24-16-8-6-14(7-9-16)12-21-19-17-10-11-20-18(17)22-13-23-19/h1-11,13H,12H2,(H2,20,21,22,23). The van der Waals surface area contributed by atoms with E-state index in [4.69, 9.17) is 4.74 Å². The number of ether oxygens (including phenoxy) is 1. The first-order valence-corrected chi connectivity index (χ1v) is 7.72. The van der Waals surface area contributed by atoms with Gasteiger partial charge in [0.05, 0.1) is 5.39 Å². The molecule has 0 aliphatic carbocycles. The molecule has 2 aromatic heterocycles. The zero-order valence-corrected chi connectivity index (χ0v) is 12.9. The maximum atomic E-state index is 5.80. The van der Waals surface area contributed by atoms with Crippen molar-refractivity contribution in [3.8, 4) is 11.5 Å². The third kappa shape index (κ3) is 3.05. The van der Waals surface area contributed by atoms with Crippen LogP contribution in [0.25, 0.3) is 11.0 Å². The maximum absolute atomic E-state index is 5.80. The summed E-state index contributed by atoms with van der Waals surface area (Å²) < 4.78 is 5.80. The van der Waals surface area contributed by atoms with Crippen LogP contribution in [0.3, 0.4) is 0 Å². The number of fused-ring (bicyclic) bond motifs is 1. The minimum Gasteiger partial charge on any atom is -0.457 e. The Kier molecular flexibility index (Phi) is 3.81. The molecule has 2 aromatic carbocycles. The molecule has 5 heteroatoms. The first-order chi connectivity index (χ1) is 11.9. The summed E-state index contributed by atoms with van der Waals surface area (Å²) in [6.45, 7) is 0.683. The molecule has 2 N–H and O–H groups in total. The van der Waals surface area contributed by atoms with Crippen LogP contribution in [-0.4, -0.2) is 15.0 Å². The molecule has 4 aromatic rings. The predicted molar refractivity (Wildman–Crippen MR) is 94.2 cm³/mol. The van der Waals surface area contributed by atoms with Gasteiger partial charge in [-0.2, -0.15) is 0 Å². The largest absolute Gasteiger partial charge is 0.457 e. The number of nitrogens with zero attached hydrogens (tertiary/aromatic N) is 2. The molecule has 0 saturated heterocycles. The second-order valence-electron chi connectivity index (χ2n) is 5.37. The Balaban J connectivity index is 1.43. The molecule has 0 spiro atoms. The number of benzene rings is 2. The van der Waals surface area contributed by atoms with E-state index in [1.807, 2.05) is 66.9 Å². The highest BCUT2D eigenvalue weighted by Gasteiger charge is 2.04. The summed E-state index contributed by atoms with van der Waals surface area (Å²) in [6, 6.07) is 19.7. The Labute approximate surface area is 139 Å². The molecule has 24 heavy (non-hydrogen) atoms. The molecule has 118 valence electrons. The van der Waals surface area contributed by atoms with E-state index in [2.05, 4.69) is 20.3 Å². The van der Waals surface area contributed by atoms with Crippen LogP contribution in [0, 0.1) is 0 Å². The van der Waals surface area contributed by atoms with Crippen molar-refractivity contribution in [1.29, 1.82) is 0 Å². The number of hydrogen-bond acceptors (Lipinski definition) is 4. The minimum absolute atomic E-state index is 0.683. The van der Waals surface area contributed by atoms with Gasteiger partial charge in [0.1, 0.15) is 29.3 Å². The highest BCUT2D eigenvalue weighted by molar-refractivity contribution is 5.86. The molecule has 0 unspecified atom stereocenters. The zero-order valence-electron chi connectivity index (χ0n) is 12.9. The van der Waals surface area contributed by atoms with Gasteiger partial charge in [-0.1, -0.05) is 30.3 Å². The molecule has 5 nitrogen and oxygen atoms in total. The predicted octanol–water partition coefficient (Wildman–Crippen LogP) is 4.36. The average molecular weight is 316 g/mol. The molecular weight excluding hydrogens is 300 g/mol. The fraction of sp³-hybridized carbons (Fsp3) is 0.0526. The summed E-state index contributed by atoms with van der Waals surface area (Å²) >= 11 is 0. The number of nitrogens with one attached hydrogen (secondary N) is 2. The average Bonchev–Trinajstić information content (AvgIpc) is 3.11. The van der Waals surface area contributed by atoms with E-state index >= 15 is 0 Å². The van der Waals surface area contributed by atoms with Crippen molar-refractivity contribution >= 4 is 16.9 Å². The van der Waals surface area contributed by atoms with Crippen molar-refractivity contribution in [3.05, 3.63) is 78.8 Å². The van der Waals surface area contributed by atoms with Gasteiger partial charge in [0.25, 0.3) is 0 Å². The van der Waals surface area contributed by atoms with E-state index < -0.39 is 0 Å². The first kappa shape index (κ1) is 14.3. The van der Waals surface area contributed by atoms with Gasteiger partial charge in [0.15, 0.2) is 0 Å². The number of hydrogen-bond donors (Lipinski definition) is 2. The van der Waals surface area contributed by atoms with Crippen LogP contribution in [0.5, 0.6) is 11.5 Å². The SMILES string of the molecule is c1ccc(Oc2ccc(CNc3ncnc4[nH]ccc34)cc2)cc1. The Morgan fingerprint density at radius 2 is 1.67 bits per heavy atom. The third-order valence-electron chi connectivity index (χ3n) is 3.72. The lowest BCUT2D eigenvalue weighted by atomic mass is 10.2. The van der Waals surface area contributed by atoms with Crippen molar-refractivity contribution in [2.45, 2.75) is 6.54 Å². The Morgan fingerprint density at radius 1 is 0.875 bits per heavy atom. The van der Waals surface area contributed by atoms with Crippen molar-refractivity contribution in [2.75, 3.05) is 5.32 Å². The van der Waals surface area contributed by atoms with Gasteiger partial charge in [-0.15, -0.1) is 0 Å². The summed E-state index contributed by atoms with van der Waals surface area (Å²) in [4.78, 5) is 11.6. The number of rotatable bonds is 5. The Bertz CT molecular complexity index is 932. The normalized spacial score (nSPS) is 10.7. The summed E-state index contributed by atoms with van der Waals surface area (Å²) in [7, 11) is 0. The van der Waals surface area contributed by atoms with Crippen LogP contribution >= 0.6 is 0 Å². The Morgan fingerprint density at radius 3 is 2.50 bits per heavy atom. The van der Waals surface area contributed by atoms with E-state index in [1.165, 1.54) is 0 Å². The fourth-order valence-corrected chi connectivity index (χ4v) is 2.50. The van der Waals surface area contributed by atoms with Crippen molar-refractivity contribution in [2.24, 2.45) is 0 Å². The monoisotopic (exact) mass is 316 g/mol. The summed E-state index contributed by atoms with van der Waals surface area (Å²) in [5, 5.41) is 4.33. The number of aromatic nitrogens is 3. The van der Waals surface area contributed by atoms with Crippen LogP contribution in [0.2, 0.25) is 0 Å². The molecular formula is C19H16N4O. The topological polar surface area (TPSA) is 62.8 Å². The molecule has 4 rings (SSSR count). The smallest absolute Gasteiger partial charge is 0.142 e. The van der Waals surface area contributed by atoms with Gasteiger partial charge in [0.2, 0.25) is 0 Å². The highest BCUT2D eigenvalue weighted by Crippen LogP contribution is 2.22. The summed E-state index contributed by atoms with van der Waals surface area (Å²) in [5.74, 6) is 2.48. The van der Waals surface area contributed by atoms with Crippen LogP contribution in [0.1, 0.15) is 5.56 Å². The van der Waals surface area contributed by atoms with Gasteiger partial charge in [-0.3, -0.25) is 0 Å². The van der Waals surface area contributed by atoms with Crippen LogP contribution in [-0.2, 0) is 6.54 Å². The summed E-state index contributed by atoms with van der Waals surface area (Å²) in [5.41, 5.74) is 1.98. The zero-order chi connectivity index (χ0) is 16.2. The van der Waals surface area contributed by atoms with E-state index in [9.17, 15) is 0 Å². The first-order valence-electron chi connectivity index (χ1n) is 7.72. The van der Waals surface area contributed by atoms with Gasteiger partial charge in [-0.25, -0.2) is 9.97 Å². The van der Waals surface area contributed by atoms with Crippen LogP contribution in [0.4, 0.5) is 5.82 Å². The number of aromatic amines is 1. The van der Waals surface area contributed by atoms with Gasteiger partial charge < -0.3 is 15.0 Å². The van der Waals surface area contributed by atoms with Crippen molar-refractivity contribution < 1.29 is 4.74 Å². The molecule has 0 atom stereocenters. The molecule has 2 heterocycles. The van der Waals surface area contributed by atoms with Crippen LogP contribution in [0.15, 0.2) is 73.2 Å². The van der Waals surface area contributed by atoms with E-state index in [0.717, 1.165) is 33.9 Å². The quantitative estimate of drug-likeness (QED) is 0.574. The second-order valence-corrected chi connectivity index (χ2v) is 5.37. The Hall–Kier alpha value is -3.34. The van der Waals surface area contributed by atoms with Crippen LogP contribution < -0.4 is 10.1 Å². The maximum Gasteiger partial charge on any atom is 0.142 e. The lowest BCUT2D eigenvalue weighted by Crippen LogP contribution is -2.02. The van der Waals surface area contributed by atoms with E-state index in [0.29, 0.717) is 6.54 Å². The molecule has 0 amide bonds. The van der Waals surface area contributed by atoms with Gasteiger partial charge >= 0.3 is 0 Å². The molecule has 0 fully saturated rings. The minimum atomic E-state index is 0.683. The van der Waals surface area contributed by atoms with E-state index in [1.54, 1.807) is 6.33 Å². The summed E-state index contributed by atoms with van der Waals surface area (Å²) in [6.07, 6.45) is 3.41. The molecule has 0 saturated carbocycles. The number of para-hydroxylation sites is 1. The molecule has 0 bridgehead atoms. The number of H-pyrrole nitrogens is 1. The lowest BCUT2D eigenvalue weighted by Gasteiger charge is -2.08. The van der Waals surface area contributed by atoms with Crippen molar-refractivity contribution in [1.82, 2.24) is 15.0 Å². The third-order valence-corrected chi connectivity index (χ3v) is 3.72.